The van der Waals surface area contributed by atoms with E-state index in [9.17, 15) is 14.0 Å². The number of carboxylic acid groups (broad SMARTS) is 1. The maximum absolute atomic E-state index is 13.8. The number of halogens is 1. The fourth-order valence-corrected chi connectivity index (χ4v) is 4.10. The summed E-state index contributed by atoms with van der Waals surface area (Å²) >= 11 is 0. The molecular weight excluding hydrogens is 325 g/mol. The molecule has 1 aliphatic carbocycles. The SMILES string of the molecule is O=C(O)CCSSCCNC(=O)C1(c2ccccc2F)CC1. The summed E-state index contributed by atoms with van der Waals surface area (Å²) in [5, 5.41) is 11.4. The molecule has 4 nitrogen and oxygen atoms in total. The van der Waals surface area contributed by atoms with Crippen molar-refractivity contribution < 1.29 is 19.1 Å². The molecule has 0 aromatic heterocycles. The molecule has 0 unspecified atom stereocenters. The summed E-state index contributed by atoms with van der Waals surface area (Å²) in [5.41, 5.74) is -0.206. The van der Waals surface area contributed by atoms with Crippen LogP contribution in [0, 0.1) is 5.82 Å². The minimum atomic E-state index is -0.804. The quantitative estimate of drug-likeness (QED) is 0.533. The topological polar surface area (TPSA) is 66.4 Å². The Kier molecular flexibility index (Phi) is 6.14. The second-order valence-corrected chi connectivity index (χ2v) is 7.81. The lowest BCUT2D eigenvalue weighted by molar-refractivity contribution is -0.136. The molecule has 0 heterocycles. The van der Waals surface area contributed by atoms with Crippen molar-refractivity contribution in [1.82, 2.24) is 5.32 Å². The van der Waals surface area contributed by atoms with E-state index < -0.39 is 11.4 Å². The van der Waals surface area contributed by atoms with Crippen LogP contribution in [0.15, 0.2) is 24.3 Å². The first-order valence-electron chi connectivity index (χ1n) is 7.06. The number of carbonyl (C=O) groups is 2. The highest BCUT2D eigenvalue weighted by atomic mass is 33.1. The lowest BCUT2D eigenvalue weighted by atomic mass is 9.94. The Balaban J connectivity index is 1.72. The van der Waals surface area contributed by atoms with E-state index in [-0.39, 0.29) is 18.1 Å². The van der Waals surface area contributed by atoms with Crippen molar-refractivity contribution in [3.05, 3.63) is 35.6 Å². The largest absolute Gasteiger partial charge is 0.481 e. The summed E-state index contributed by atoms with van der Waals surface area (Å²) in [6, 6.07) is 6.44. The number of aliphatic carboxylic acids is 1. The van der Waals surface area contributed by atoms with E-state index in [0.29, 0.717) is 36.5 Å². The molecule has 2 N–H and O–H groups in total. The smallest absolute Gasteiger partial charge is 0.304 e. The van der Waals surface area contributed by atoms with Gasteiger partial charge in [0.1, 0.15) is 5.82 Å². The van der Waals surface area contributed by atoms with Gasteiger partial charge in [-0.25, -0.2) is 4.39 Å². The Morgan fingerprint density at radius 2 is 1.91 bits per heavy atom. The Hall–Kier alpha value is -1.21. The molecule has 2 rings (SSSR count). The first-order valence-corrected chi connectivity index (χ1v) is 9.54. The van der Waals surface area contributed by atoms with Crippen LogP contribution in [0.25, 0.3) is 0 Å². The zero-order chi connectivity index (χ0) is 16.0. The third-order valence-corrected chi connectivity index (χ3v) is 5.94. The van der Waals surface area contributed by atoms with Crippen LogP contribution in [-0.4, -0.2) is 35.0 Å². The van der Waals surface area contributed by atoms with Crippen LogP contribution in [0.2, 0.25) is 0 Å². The predicted molar refractivity (Wildman–Crippen MR) is 87.5 cm³/mol. The Morgan fingerprint density at radius 1 is 1.23 bits per heavy atom. The molecule has 22 heavy (non-hydrogen) atoms. The molecule has 0 spiro atoms. The molecule has 120 valence electrons. The normalized spacial score (nSPS) is 15.3. The van der Waals surface area contributed by atoms with Crippen molar-refractivity contribution in [2.45, 2.75) is 24.7 Å². The van der Waals surface area contributed by atoms with Crippen molar-refractivity contribution in [3.63, 3.8) is 0 Å². The van der Waals surface area contributed by atoms with E-state index in [1.807, 2.05) is 0 Å². The number of rotatable bonds is 9. The summed E-state index contributed by atoms with van der Waals surface area (Å²) < 4.78 is 13.8. The van der Waals surface area contributed by atoms with Gasteiger partial charge in [0, 0.05) is 23.6 Å². The van der Waals surface area contributed by atoms with E-state index >= 15 is 0 Å². The predicted octanol–water partition coefficient (Wildman–Crippen LogP) is 2.83. The molecule has 1 saturated carbocycles. The average molecular weight is 343 g/mol. The maximum Gasteiger partial charge on any atom is 0.304 e. The van der Waals surface area contributed by atoms with E-state index in [1.54, 1.807) is 18.2 Å². The standard InChI is InChI=1S/C15H18FNO3S2/c16-12-4-2-1-3-11(12)15(6-7-15)14(20)17-8-10-22-21-9-5-13(18)19/h1-4H,5-10H2,(H,17,20)(H,18,19). The molecule has 0 saturated heterocycles. The molecule has 1 aromatic carbocycles. The number of hydrogen-bond donors (Lipinski definition) is 2. The first kappa shape index (κ1) is 17.1. The number of hydrogen-bond acceptors (Lipinski definition) is 4. The van der Waals surface area contributed by atoms with Crippen LogP contribution in [0.4, 0.5) is 4.39 Å². The zero-order valence-corrected chi connectivity index (χ0v) is 13.6. The van der Waals surface area contributed by atoms with Crippen molar-refractivity contribution in [2.24, 2.45) is 0 Å². The van der Waals surface area contributed by atoms with E-state index in [4.69, 9.17) is 5.11 Å². The first-order chi connectivity index (χ1) is 10.6. The number of carbonyl (C=O) groups excluding carboxylic acids is 1. The van der Waals surface area contributed by atoms with Crippen LogP contribution in [0.3, 0.4) is 0 Å². The van der Waals surface area contributed by atoms with Crippen LogP contribution < -0.4 is 5.32 Å². The molecule has 1 fully saturated rings. The monoisotopic (exact) mass is 343 g/mol. The van der Waals surface area contributed by atoms with Gasteiger partial charge in [-0.15, -0.1) is 0 Å². The highest BCUT2D eigenvalue weighted by Crippen LogP contribution is 2.49. The molecule has 1 amide bonds. The summed E-state index contributed by atoms with van der Waals surface area (Å²) in [7, 11) is 3.01. The number of carboxylic acids is 1. The van der Waals surface area contributed by atoms with E-state index in [0.717, 1.165) is 0 Å². The van der Waals surface area contributed by atoms with Gasteiger partial charge < -0.3 is 10.4 Å². The van der Waals surface area contributed by atoms with Gasteiger partial charge in [0.05, 0.1) is 11.8 Å². The van der Waals surface area contributed by atoms with Crippen LogP contribution in [0.1, 0.15) is 24.8 Å². The molecule has 0 atom stereocenters. The van der Waals surface area contributed by atoms with E-state index in [2.05, 4.69) is 5.32 Å². The van der Waals surface area contributed by atoms with Gasteiger partial charge in [-0.2, -0.15) is 0 Å². The van der Waals surface area contributed by atoms with Gasteiger partial charge in [-0.3, -0.25) is 9.59 Å². The molecule has 0 bridgehead atoms. The van der Waals surface area contributed by atoms with Gasteiger partial charge in [0.15, 0.2) is 0 Å². The second-order valence-electron chi connectivity index (χ2n) is 5.11. The van der Waals surface area contributed by atoms with Crippen molar-refractivity contribution in [3.8, 4) is 0 Å². The Morgan fingerprint density at radius 3 is 2.55 bits per heavy atom. The fourth-order valence-electron chi connectivity index (χ4n) is 2.22. The lowest BCUT2D eigenvalue weighted by Crippen LogP contribution is -2.36. The number of benzene rings is 1. The van der Waals surface area contributed by atoms with Crippen molar-refractivity contribution >= 4 is 33.5 Å². The third-order valence-electron chi connectivity index (χ3n) is 3.53. The third kappa shape index (κ3) is 4.39. The summed E-state index contributed by atoms with van der Waals surface area (Å²) in [4.78, 5) is 22.6. The molecule has 1 aliphatic rings. The molecule has 1 aromatic rings. The summed E-state index contributed by atoms with van der Waals surface area (Å²) in [6.07, 6.45) is 1.50. The van der Waals surface area contributed by atoms with Gasteiger partial charge in [-0.1, -0.05) is 39.8 Å². The Bertz CT molecular complexity index is 549. The molecule has 7 heteroatoms. The second kappa shape index (κ2) is 7.87. The Labute approximate surface area is 136 Å². The van der Waals surface area contributed by atoms with Crippen LogP contribution in [-0.2, 0) is 15.0 Å². The highest BCUT2D eigenvalue weighted by Gasteiger charge is 2.52. The molecule has 0 radical (unpaired) electrons. The molecular formula is C15H18FNO3S2. The van der Waals surface area contributed by atoms with Gasteiger partial charge in [-0.05, 0) is 18.9 Å². The fraction of sp³-hybridized carbons (Fsp3) is 0.467. The minimum Gasteiger partial charge on any atom is -0.481 e. The summed E-state index contributed by atoms with van der Waals surface area (Å²) in [5.74, 6) is 0.000639. The van der Waals surface area contributed by atoms with Gasteiger partial charge in [0.25, 0.3) is 0 Å². The zero-order valence-electron chi connectivity index (χ0n) is 12.0. The highest BCUT2D eigenvalue weighted by molar-refractivity contribution is 8.76. The molecule has 0 aliphatic heterocycles. The minimum absolute atomic E-state index is 0.117. The van der Waals surface area contributed by atoms with Crippen molar-refractivity contribution in [1.29, 1.82) is 0 Å². The lowest BCUT2D eigenvalue weighted by Gasteiger charge is -2.16. The van der Waals surface area contributed by atoms with Crippen molar-refractivity contribution in [2.75, 3.05) is 18.1 Å². The van der Waals surface area contributed by atoms with Gasteiger partial charge in [0.2, 0.25) is 5.91 Å². The maximum atomic E-state index is 13.8. The van der Waals surface area contributed by atoms with Gasteiger partial charge >= 0.3 is 5.97 Å². The number of nitrogens with one attached hydrogen (secondary N) is 1. The van der Waals surface area contributed by atoms with Crippen LogP contribution >= 0.6 is 21.6 Å². The summed E-state index contributed by atoms with van der Waals surface area (Å²) in [6.45, 7) is 0.500. The number of amides is 1. The van der Waals surface area contributed by atoms with Crippen LogP contribution in [0.5, 0.6) is 0 Å². The van der Waals surface area contributed by atoms with E-state index in [1.165, 1.54) is 27.7 Å². The average Bonchev–Trinajstić information content (AvgIpc) is 3.28.